The van der Waals surface area contributed by atoms with Gasteiger partial charge in [-0.1, -0.05) is 6.07 Å². The minimum atomic E-state index is -0.481. The summed E-state index contributed by atoms with van der Waals surface area (Å²) in [5.74, 6) is 1.32. The van der Waals surface area contributed by atoms with Crippen LogP contribution in [0.3, 0.4) is 0 Å². The number of nitrogens with zero attached hydrogens (tertiary/aromatic N) is 5. The lowest BCUT2D eigenvalue weighted by Gasteiger charge is -2.33. The number of hydrogen-bond donors (Lipinski definition) is 2. The number of aromatic amines is 1. The first-order valence-corrected chi connectivity index (χ1v) is 10.2. The van der Waals surface area contributed by atoms with Crippen molar-refractivity contribution in [1.29, 1.82) is 5.26 Å². The molecule has 0 unspecified atom stereocenters. The summed E-state index contributed by atoms with van der Waals surface area (Å²) in [6.45, 7) is 7.53. The average Bonchev–Trinajstić information content (AvgIpc) is 3.27. The van der Waals surface area contributed by atoms with Gasteiger partial charge in [-0.25, -0.2) is 4.79 Å². The molecular formula is C21H27N7O3. The Labute approximate surface area is 181 Å². The van der Waals surface area contributed by atoms with Gasteiger partial charge < -0.3 is 19.7 Å². The lowest BCUT2D eigenvalue weighted by Crippen LogP contribution is -2.42. The van der Waals surface area contributed by atoms with Crippen LogP contribution in [0.1, 0.15) is 39.4 Å². The van der Waals surface area contributed by atoms with Crippen molar-refractivity contribution in [2.75, 3.05) is 25.0 Å². The number of ether oxygens (including phenoxy) is 2. The van der Waals surface area contributed by atoms with Crippen LogP contribution in [0.5, 0.6) is 5.75 Å². The van der Waals surface area contributed by atoms with Crippen molar-refractivity contribution in [2.45, 2.75) is 39.2 Å². The van der Waals surface area contributed by atoms with Gasteiger partial charge in [-0.05, 0) is 56.9 Å². The quantitative estimate of drug-likeness (QED) is 0.675. The Hall–Kier alpha value is -3.61. The van der Waals surface area contributed by atoms with Gasteiger partial charge in [0.1, 0.15) is 23.0 Å². The zero-order chi connectivity index (χ0) is 22.3. The number of amides is 1. The topological polar surface area (TPSA) is 129 Å². The molecule has 1 aliphatic rings. The van der Waals surface area contributed by atoms with Gasteiger partial charge in [0.15, 0.2) is 0 Å². The number of anilines is 1. The van der Waals surface area contributed by atoms with Gasteiger partial charge in [0.2, 0.25) is 5.82 Å². The molecule has 10 heteroatoms. The SMILES string of the molecule is CC(C)(C)OC(=O)N1CCC(COc2cccc(NC=C(C#N)c3nn[nH]n3)c2)CC1. The predicted molar refractivity (Wildman–Crippen MR) is 114 cm³/mol. The van der Waals surface area contributed by atoms with E-state index in [1.807, 2.05) is 51.1 Å². The molecule has 10 nitrogen and oxygen atoms in total. The summed E-state index contributed by atoms with van der Waals surface area (Å²) in [6.07, 6.45) is 3.01. The largest absolute Gasteiger partial charge is 0.493 e. The molecule has 0 saturated carbocycles. The summed E-state index contributed by atoms with van der Waals surface area (Å²) in [7, 11) is 0. The number of nitrogens with one attached hydrogen (secondary N) is 2. The molecule has 1 fully saturated rings. The fourth-order valence-corrected chi connectivity index (χ4v) is 3.08. The first kappa shape index (κ1) is 22.1. The third-order valence-electron chi connectivity index (χ3n) is 4.68. The van der Waals surface area contributed by atoms with E-state index in [-0.39, 0.29) is 17.5 Å². The highest BCUT2D eigenvalue weighted by Crippen LogP contribution is 2.23. The van der Waals surface area contributed by atoms with Gasteiger partial charge in [-0.2, -0.15) is 10.5 Å². The number of allylic oxidation sites excluding steroid dienone is 1. The fourth-order valence-electron chi connectivity index (χ4n) is 3.08. The van der Waals surface area contributed by atoms with Crippen molar-refractivity contribution in [2.24, 2.45) is 5.92 Å². The standard InChI is InChI=1S/C21H27N7O3/c1-21(2,3)31-20(29)28-9-7-15(8-10-28)14-30-18-6-4-5-17(11-18)23-13-16(12-22)19-24-26-27-25-19/h4-6,11,13,15,23H,7-10,14H2,1-3H3,(H,24,25,26,27). The van der Waals surface area contributed by atoms with E-state index in [1.54, 1.807) is 4.90 Å². The third kappa shape index (κ3) is 6.70. The van der Waals surface area contributed by atoms with E-state index < -0.39 is 5.60 Å². The molecule has 1 saturated heterocycles. The van der Waals surface area contributed by atoms with Gasteiger partial charge in [-0.3, -0.25) is 0 Å². The average molecular weight is 425 g/mol. The number of tetrazole rings is 1. The Balaban J connectivity index is 1.48. The molecule has 1 amide bonds. The number of H-pyrrole nitrogens is 1. The molecule has 1 aromatic heterocycles. The molecule has 31 heavy (non-hydrogen) atoms. The molecule has 0 bridgehead atoms. The molecule has 3 rings (SSSR count). The lowest BCUT2D eigenvalue weighted by molar-refractivity contribution is 0.0165. The molecule has 0 radical (unpaired) electrons. The normalized spacial score (nSPS) is 15.3. The summed E-state index contributed by atoms with van der Waals surface area (Å²) < 4.78 is 11.4. The van der Waals surface area contributed by atoms with Crippen molar-refractivity contribution in [3.63, 3.8) is 0 Å². The van der Waals surface area contributed by atoms with E-state index in [2.05, 4.69) is 25.9 Å². The third-order valence-corrected chi connectivity index (χ3v) is 4.68. The van der Waals surface area contributed by atoms with Crippen molar-refractivity contribution in [1.82, 2.24) is 25.5 Å². The Kier molecular flexibility index (Phi) is 7.07. The highest BCUT2D eigenvalue weighted by molar-refractivity contribution is 5.74. The van der Waals surface area contributed by atoms with Crippen LogP contribution in [0.2, 0.25) is 0 Å². The molecule has 0 aliphatic carbocycles. The Morgan fingerprint density at radius 3 is 2.81 bits per heavy atom. The summed E-state index contributed by atoms with van der Waals surface area (Å²) >= 11 is 0. The molecule has 0 spiro atoms. The second kappa shape index (κ2) is 9.93. The Morgan fingerprint density at radius 2 is 2.16 bits per heavy atom. The number of likely N-dealkylation sites (tertiary alicyclic amines) is 1. The predicted octanol–water partition coefficient (Wildman–Crippen LogP) is 3.20. The number of rotatable bonds is 6. The summed E-state index contributed by atoms with van der Waals surface area (Å²) in [5, 5.41) is 25.7. The first-order valence-electron chi connectivity index (χ1n) is 10.2. The van der Waals surface area contributed by atoms with Crippen LogP contribution in [-0.2, 0) is 4.74 Å². The van der Waals surface area contributed by atoms with Crippen molar-refractivity contribution in [3.05, 3.63) is 36.3 Å². The zero-order valence-corrected chi connectivity index (χ0v) is 18.0. The number of aromatic nitrogens is 4. The van der Waals surface area contributed by atoms with Gasteiger partial charge in [0.25, 0.3) is 0 Å². The van der Waals surface area contributed by atoms with Crippen LogP contribution < -0.4 is 10.1 Å². The number of hydrogen-bond acceptors (Lipinski definition) is 8. The zero-order valence-electron chi connectivity index (χ0n) is 18.0. The van der Waals surface area contributed by atoms with Gasteiger partial charge >= 0.3 is 6.09 Å². The maximum Gasteiger partial charge on any atom is 0.410 e. The van der Waals surface area contributed by atoms with Gasteiger partial charge in [0, 0.05) is 31.0 Å². The van der Waals surface area contributed by atoms with Crippen molar-refractivity contribution < 1.29 is 14.3 Å². The maximum absolute atomic E-state index is 12.2. The Bertz CT molecular complexity index is 937. The molecule has 2 N–H and O–H groups in total. The summed E-state index contributed by atoms with van der Waals surface area (Å²) in [6, 6.07) is 9.51. The molecule has 164 valence electrons. The molecule has 1 aromatic carbocycles. The van der Waals surface area contributed by atoms with Gasteiger partial charge in [-0.15, -0.1) is 10.2 Å². The maximum atomic E-state index is 12.2. The Morgan fingerprint density at radius 1 is 1.39 bits per heavy atom. The lowest BCUT2D eigenvalue weighted by atomic mass is 9.98. The molecule has 0 atom stereocenters. The van der Waals surface area contributed by atoms with E-state index >= 15 is 0 Å². The highest BCUT2D eigenvalue weighted by atomic mass is 16.6. The summed E-state index contributed by atoms with van der Waals surface area (Å²) in [4.78, 5) is 13.9. The smallest absolute Gasteiger partial charge is 0.410 e. The number of nitriles is 1. The van der Waals surface area contributed by atoms with Crippen molar-refractivity contribution in [3.8, 4) is 11.8 Å². The van der Waals surface area contributed by atoms with Gasteiger partial charge in [0.05, 0.1) is 6.61 Å². The van der Waals surface area contributed by atoms with Crippen LogP contribution in [0.4, 0.5) is 10.5 Å². The monoisotopic (exact) mass is 425 g/mol. The first-order chi connectivity index (χ1) is 14.8. The fraction of sp³-hybridized carbons (Fsp3) is 0.476. The second-order valence-corrected chi connectivity index (χ2v) is 8.30. The number of benzene rings is 1. The van der Waals surface area contributed by atoms with Crippen molar-refractivity contribution >= 4 is 17.4 Å². The molecule has 1 aliphatic heterocycles. The van der Waals surface area contributed by atoms with Crippen LogP contribution in [-0.4, -0.2) is 56.9 Å². The van der Waals surface area contributed by atoms with Crippen LogP contribution >= 0.6 is 0 Å². The van der Waals surface area contributed by atoms with E-state index in [9.17, 15) is 10.1 Å². The number of piperidine rings is 1. The highest BCUT2D eigenvalue weighted by Gasteiger charge is 2.27. The van der Waals surface area contributed by atoms with Crippen LogP contribution in [0, 0.1) is 17.2 Å². The molecular weight excluding hydrogens is 398 g/mol. The second-order valence-electron chi connectivity index (χ2n) is 8.30. The minimum Gasteiger partial charge on any atom is -0.493 e. The van der Waals surface area contributed by atoms with E-state index in [1.165, 1.54) is 6.20 Å². The summed E-state index contributed by atoms with van der Waals surface area (Å²) in [5.41, 5.74) is 0.551. The number of carbonyl (C=O) groups excluding carboxylic acids is 1. The van der Waals surface area contributed by atoms with Crippen LogP contribution in [0.15, 0.2) is 30.5 Å². The van der Waals surface area contributed by atoms with E-state index in [0.717, 1.165) is 24.3 Å². The van der Waals surface area contributed by atoms with E-state index in [4.69, 9.17) is 9.47 Å². The van der Waals surface area contributed by atoms with Crippen LogP contribution in [0.25, 0.3) is 5.57 Å². The minimum absolute atomic E-state index is 0.222. The number of carbonyl (C=O) groups is 1. The molecule has 2 aromatic rings. The molecule has 2 heterocycles. The van der Waals surface area contributed by atoms with E-state index in [0.29, 0.717) is 25.6 Å².